The van der Waals surface area contributed by atoms with Crippen molar-refractivity contribution in [3.8, 4) is 0 Å². The average molecular weight is 403 g/mol. The van der Waals surface area contributed by atoms with Crippen LogP contribution in [0.2, 0.25) is 0 Å². The number of allylic oxidation sites excluding steroid dienone is 2. The van der Waals surface area contributed by atoms with Crippen LogP contribution < -0.4 is 22.1 Å². The molecule has 0 fully saturated rings. The molecule has 0 aromatic heterocycles. The normalized spacial score (nSPS) is 16.1. The Bertz CT molecular complexity index is 1060. The number of benzodiazepines with no additional fused rings is 1. The summed E-state index contributed by atoms with van der Waals surface area (Å²) in [5, 5.41) is 21.1. The van der Waals surface area contributed by atoms with Crippen molar-refractivity contribution >= 4 is 29.2 Å². The molecular weight excluding hydrogens is 382 g/mol. The van der Waals surface area contributed by atoms with Gasteiger partial charge in [0.1, 0.15) is 0 Å². The third-order valence-corrected chi connectivity index (χ3v) is 4.11. The molecular formula is C21H21N7O2. The molecule has 1 amide bonds. The molecule has 3 rings (SSSR count). The van der Waals surface area contributed by atoms with Gasteiger partial charge in [-0.1, -0.05) is 48.5 Å². The highest BCUT2D eigenvalue weighted by molar-refractivity contribution is 6.19. The van der Waals surface area contributed by atoms with Gasteiger partial charge in [-0.05, 0) is 24.4 Å². The first-order valence-electron chi connectivity index (χ1n) is 8.99. The lowest BCUT2D eigenvalue weighted by Crippen LogP contribution is -2.43. The van der Waals surface area contributed by atoms with E-state index in [0.29, 0.717) is 11.4 Å². The minimum Gasteiger partial charge on any atom is -0.406 e. The molecule has 0 bridgehead atoms. The van der Waals surface area contributed by atoms with Crippen LogP contribution in [0.15, 0.2) is 83.6 Å². The van der Waals surface area contributed by atoms with Gasteiger partial charge in [0.05, 0.1) is 17.1 Å². The van der Waals surface area contributed by atoms with Crippen molar-refractivity contribution < 1.29 is 9.53 Å². The van der Waals surface area contributed by atoms with Gasteiger partial charge in [-0.3, -0.25) is 15.6 Å². The van der Waals surface area contributed by atoms with Crippen LogP contribution in [0.5, 0.6) is 0 Å². The van der Waals surface area contributed by atoms with Crippen LogP contribution in [0.3, 0.4) is 0 Å². The zero-order valence-corrected chi connectivity index (χ0v) is 15.9. The van der Waals surface area contributed by atoms with E-state index in [-0.39, 0.29) is 5.70 Å². The van der Waals surface area contributed by atoms with E-state index in [1.54, 1.807) is 6.07 Å². The number of fused-ring (bicyclic) bond motifs is 1. The lowest BCUT2D eigenvalue weighted by atomic mass is 10.0. The molecule has 2 aromatic carbocycles. The van der Waals surface area contributed by atoms with Crippen LogP contribution in [0, 0.1) is 10.8 Å². The lowest BCUT2D eigenvalue weighted by molar-refractivity contribution is -0.117. The fourth-order valence-corrected chi connectivity index (χ4v) is 2.73. The summed E-state index contributed by atoms with van der Waals surface area (Å²) >= 11 is 0. The quantitative estimate of drug-likeness (QED) is 0.259. The molecule has 0 spiro atoms. The van der Waals surface area contributed by atoms with Crippen molar-refractivity contribution in [2.45, 2.75) is 6.17 Å². The van der Waals surface area contributed by atoms with Crippen LogP contribution in [-0.4, -0.2) is 29.7 Å². The highest BCUT2D eigenvalue weighted by Crippen LogP contribution is 2.23. The molecule has 1 aliphatic heterocycles. The second-order valence-corrected chi connectivity index (χ2v) is 6.19. The number of carbonyl (C=O) groups is 1. The number of ether oxygens (including phenoxy) is 1. The molecule has 1 atom stereocenters. The van der Waals surface area contributed by atoms with Crippen molar-refractivity contribution in [3.63, 3.8) is 0 Å². The minimum absolute atomic E-state index is 0.0329. The molecule has 1 unspecified atom stereocenters. The number of amidine groups is 1. The lowest BCUT2D eigenvalue weighted by Gasteiger charge is -2.15. The van der Waals surface area contributed by atoms with Gasteiger partial charge in [0.25, 0.3) is 11.9 Å². The number of nitrogens with zero attached hydrogens (tertiary/aromatic N) is 1. The van der Waals surface area contributed by atoms with Gasteiger partial charge >= 0.3 is 0 Å². The number of nitrogens with one attached hydrogen (secondary N) is 4. The topological polar surface area (TPSA) is 162 Å². The van der Waals surface area contributed by atoms with Gasteiger partial charge in [-0.2, -0.15) is 0 Å². The fraction of sp³-hybridized carbons (Fsp3) is 0.0476. The van der Waals surface area contributed by atoms with Crippen molar-refractivity contribution in [2.24, 2.45) is 16.5 Å². The van der Waals surface area contributed by atoms with Crippen molar-refractivity contribution in [1.82, 2.24) is 5.32 Å². The first kappa shape index (κ1) is 20.3. The van der Waals surface area contributed by atoms with E-state index < -0.39 is 24.0 Å². The van der Waals surface area contributed by atoms with E-state index in [1.165, 1.54) is 18.4 Å². The Morgan fingerprint density at radius 2 is 1.83 bits per heavy atom. The number of amides is 1. The van der Waals surface area contributed by atoms with E-state index in [9.17, 15) is 4.79 Å². The highest BCUT2D eigenvalue weighted by Gasteiger charge is 2.27. The summed E-state index contributed by atoms with van der Waals surface area (Å²) in [5.41, 5.74) is 13.6. The number of carbonyl (C=O) groups excluding carboxylic acids is 1. The van der Waals surface area contributed by atoms with E-state index >= 15 is 0 Å². The third kappa shape index (κ3) is 4.71. The van der Waals surface area contributed by atoms with Gasteiger partial charge in [-0.25, -0.2) is 4.99 Å². The monoisotopic (exact) mass is 403 g/mol. The molecule has 1 aliphatic rings. The summed E-state index contributed by atoms with van der Waals surface area (Å²) in [4.78, 5) is 17.2. The van der Waals surface area contributed by atoms with Crippen LogP contribution in [0.25, 0.3) is 0 Å². The van der Waals surface area contributed by atoms with Gasteiger partial charge < -0.3 is 26.8 Å². The highest BCUT2D eigenvalue weighted by atomic mass is 16.5. The molecule has 1 heterocycles. The molecule has 30 heavy (non-hydrogen) atoms. The molecule has 9 heteroatoms. The number of nitrogens with two attached hydrogens (primary N) is 2. The molecule has 0 saturated heterocycles. The van der Waals surface area contributed by atoms with E-state index in [1.807, 2.05) is 48.5 Å². The molecule has 0 saturated carbocycles. The van der Waals surface area contributed by atoms with E-state index in [0.717, 1.165) is 11.1 Å². The Hall–Kier alpha value is -4.40. The molecule has 0 aliphatic carbocycles. The number of anilines is 1. The first-order chi connectivity index (χ1) is 14.5. The van der Waals surface area contributed by atoms with Crippen molar-refractivity contribution in [2.75, 3.05) is 5.32 Å². The minimum atomic E-state index is -1.15. The maximum atomic E-state index is 12.7. The Kier molecular flexibility index (Phi) is 6.23. The van der Waals surface area contributed by atoms with E-state index in [2.05, 4.69) is 15.6 Å². The van der Waals surface area contributed by atoms with E-state index in [4.69, 9.17) is 27.0 Å². The van der Waals surface area contributed by atoms with Gasteiger partial charge in [0, 0.05) is 11.1 Å². The molecule has 2 aromatic rings. The summed E-state index contributed by atoms with van der Waals surface area (Å²) in [7, 11) is 0. The zero-order chi connectivity index (χ0) is 21.5. The molecule has 9 nitrogen and oxygen atoms in total. The van der Waals surface area contributed by atoms with Gasteiger partial charge in [0.2, 0.25) is 12.1 Å². The molecule has 8 N–H and O–H groups in total. The van der Waals surface area contributed by atoms with Gasteiger partial charge in [-0.15, -0.1) is 0 Å². The SMILES string of the molecule is N=C(NC1N=C(c2ccccc2)c2ccccc2NC1=O)OC(=N)/C(N)=C/C=C\N. The van der Waals surface area contributed by atoms with Crippen LogP contribution in [0.4, 0.5) is 5.69 Å². The van der Waals surface area contributed by atoms with Crippen LogP contribution in [-0.2, 0) is 9.53 Å². The maximum Gasteiger partial charge on any atom is 0.290 e. The van der Waals surface area contributed by atoms with Crippen molar-refractivity contribution in [1.29, 1.82) is 10.8 Å². The standard InChI is InChI=1S/C21H21N7O2/c22-12-6-10-15(23)18(24)30-21(25)28-19-20(29)26-16-11-5-4-9-14(16)17(27-19)13-7-2-1-3-8-13/h1-12,19,24H,22-23H2,(H2,25,28)(H,26,29)/b12-6-,15-10-,24-18?. The number of para-hydroxylation sites is 1. The Morgan fingerprint density at radius 1 is 1.13 bits per heavy atom. The first-order valence-corrected chi connectivity index (χ1v) is 8.99. The predicted molar refractivity (Wildman–Crippen MR) is 116 cm³/mol. The number of hydrogen-bond donors (Lipinski definition) is 6. The summed E-state index contributed by atoms with van der Waals surface area (Å²) in [6, 6.07) is 16.2. The number of benzene rings is 2. The third-order valence-electron chi connectivity index (χ3n) is 4.11. The largest absolute Gasteiger partial charge is 0.406 e. The Balaban J connectivity index is 1.87. The summed E-state index contributed by atoms with van der Waals surface area (Å²) in [6.45, 7) is 0. The number of rotatable bonds is 4. The summed E-state index contributed by atoms with van der Waals surface area (Å²) in [6.07, 6.45) is 2.88. The Labute approximate surface area is 173 Å². The second-order valence-electron chi connectivity index (χ2n) is 6.19. The number of aliphatic imine (C=N–C) groups is 1. The average Bonchev–Trinajstić information content (AvgIpc) is 2.89. The fourth-order valence-electron chi connectivity index (χ4n) is 2.73. The van der Waals surface area contributed by atoms with Crippen LogP contribution >= 0.6 is 0 Å². The zero-order valence-electron chi connectivity index (χ0n) is 15.9. The van der Waals surface area contributed by atoms with Crippen molar-refractivity contribution in [3.05, 3.63) is 89.8 Å². The predicted octanol–water partition coefficient (Wildman–Crippen LogP) is 1.64. The van der Waals surface area contributed by atoms with Crippen LogP contribution in [0.1, 0.15) is 11.1 Å². The summed E-state index contributed by atoms with van der Waals surface area (Å²) < 4.78 is 5.06. The maximum absolute atomic E-state index is 12.7. The smallest absolute Gasteiger partial charge is 0.290 e. The molecule has 0 radical (unpaired) electrons. The summed E-state index contributed by atoms with van der Waals surface area (Å²) in [5.74, 6) is -0.932. The van der Waals surface area contributed by atoms with Gasteiger partial charge in [0.15, 0.2) is 0 Å². The molecule has 152 valence electrons. The second kappa shape index (κ2) is 9.20. The number of hydrogen-bond acceptors (Lipinski definition) is 7. The Morgan fingerprint density at radius 3 is 2.57 bits per heavy atom.